The van der Waals surface area contributed by atoms with Gasteiger partial charge in [-0.15, -0.1) is 0 Å². The van der Waals surface area contributed by atoms with Crippen molar-refractivity contribution >= 4 is 5.91 Å². The molecule has 8 heteroatoms. The number of aliphatic hydroxyl groups is 1. The minimum absolute atomic E-state index is 0.258. The van der Waals surface area contributed by atoms with Gasteiger partial charge in [-0.3, -0.25) is 9.48 Å². The molecular weight excluding hydrogens is 359 g/mol. The van der Waals surface area contributed by atoms with Crippen LogP contribution in [0.25, 0.3) is 0 Å². The Morgan fingerprint density at radius 3 is 2.78 bits per heavy atom. The normalized spacial score (nSPS) is 37.4. The van der Waals surface area contributed by atoms with Crippen LogP contribution in [0, 0.1) is 17.8 Å². The Morgan fingerprint density at radius 1 is 1.37 bits per heavy atom. The predicted molar refractivity (Wildman–Crippen MR) is 89.8 cm³/mol. The van der Waals surface area contributed by atoms with Crippen LogP contribution in [0.1, 0.15) is 61.1 Å². The summed E-state index contributed by atoms with van der Waals surface area (Å²) in [7, 11) is 0. The average Bonchev–Trinajstić information content (AvgIpc) is 3.20. The summed E-state index contributed by atoms with van der Waals surface area (Å²) in [6, 6.07) is -0.548. The predicted octanol–water partition coefficient (Wildman–Crippen LogP) is 3.07. The van der Waals surface area contributed by atoms with Crippen LogP contribution in [-0.4, -0.2) is 32.4 Å². The zero-order valence-corrected chi connectivity index (χ0v) is 15.0. The largest absolute Gasteiger partial charge is 0.433 e. The standard InChI is InChI=1S/C19H22F3N3O2/c1-18(27)6-9-4-11-12(5-9)15(13(11)7-18)24-17(26)14-8-23-25(10-2-3-10)16(14)19(20,21)22/h7-12,15,27H,2-6H2,1H3,(H,24,26). The Kier molecular flexibility index (Phi) is 3.44. The van der Waals surface area contributed by atoms with Crippen LogP contribution >= 0.6 is 0 Å². The first-order valence-electron chi connectivity index (χ1n) is 9.54. The maximum absolute atomic E-state index is 13.6. The van der Waals surface area contributed by atoms with Crippen LogP contribution in [0.3, 0.4) is 0 Å². The van der Waals surface area contributed by atoms with Crippen molar-refractivity contribution in [3.8, 4) is 0 Å². The molecule has 5 unspecified atom stereocenters. The molecule has 5 rings (SSSR count). The van der Waals surface area contributed by atoms with E-state index < -0.39 is 28.9 Å². The highest BCUT2D eigenvalue weighted by atomic mass is 19.4. The molecule has 4 aliphatic rings. The fourth-order valence-electron chi connectivity index (χ4n) is 5.47. The Labute approximate surface area is 154 Å². The average molecular weight is 381 g/mol. The second-order valence-electron chi connectivity index (χ2n) is 8.84. The molecule has 3 saturated carbocycles. The molecule has 5 atom stereocenters. The number of nitrogens with one attached hydrogen (secondary N) is 1. The van der Waals surface area contributed by atoms with E-state index in [2.05, 4.69) is 10.4 Å². The first kappa shape index (κ1) is 17.3. The second-order valence-corrected chi connectivity index (χ2v) is 8.84. The highest BCUT2D eigenvalue weighted by molar-refractivity contribution is 5.96. The van der Waals surface area contributed by atoms with Crippen molar-refractivity contribution in [2.45, 2.75) is 62.9 Å². The number of amides is 1. The minimum atomic E-state index is -4.62. The van der Waals surface area contributed by atoms with E-state index in [1.807, 2.05) is 6.08 Å². The van der Waals surface area contributed by atoms with Gasteiger partial charge >= 0.3 is 6.18 Å². The smallest absolute Gasteiger partial charge is 0.386 e. The SMILES string of the molecule is CC1(O)C=C2C3CC(CC3C2NC(=O)c2cnn(C3CC3)c2C(F)(F)F)C1. The molecule has 3 fully saturated rings. The van der Waals surface area contributed by atoms with E-state index >= 15 is 0 Å². The molecule has 0 aliphatic heterocycles. The molecule has 1 aromatic heterocycles. The van der Waals surface area contributed by atoms with Gasteiger partial charge in [0.25, 0.3) is 5.91 Å². The number of alkyl halides is 3. The molecule has 146 valence electrons. The summed E-state index contributed by atoms with van der Waals surface area (Å²) in [6.45, 7) is 1.76. The van der Waals surface area contributed by atoms with Crippen molar-refractivity contribution < 1.29 is 23.1 Å². The number of aromatic nitrogens is 2. The molecule has 0 radical (unpaired) electrons. The van der Waals surface area contributed by atoms with E-state index in [0.717, 1.165) is 29.3 Å². The van der Waals surface area contributed by atoms with Gasteiger partial charge in [0.05, 0.1) is 29.4 Å². The van der Waals surface area contributed by atoms with Gasteiger partial charge in [0.2, 0.25) is 0 Å². The number of nitrogens with zero attached hydrogens (tertiary/aromatic N) is 2. The lowest BCUT2D eigenvalue weighted by Crippen LogP contribution is -2.53. The summed E-state index contributed by atoms with van der Waals surface area (Å²) < 4.78 is 41.6. The van der Waals surface area contributed by atoms with E-state index in [9.17, 15) is 23.1 Å². The van der Waals surface area contributed by atoms with Crippen molar-refractivity contribution in [1.29, 1.82) is 0 Å². The van der Waals surface area contributed by atoms with Crippen LogP contribution in [0.4, 0.5) is 13.2 Å². The first-order valence-corrected chi connectivity index (χ1v) is 9.54. The molecule has 1 aromatic rings. The number of hydrogen-bond acceptors (Lipinski definition) is 3. The number of carbonyl (C=O) groups excluding carboxylic acids is 1. The molecule has 1 heterocycles. The lowest BCUT2D eigenvalue weighted by atomic mass is 9.65. The first-order chi connectivity index (χ1) is 12.6. The topological polar surface area (TPSA) is 67.2 Å². The molecule has 1 amide bonds. The third-order valence-corrected chi connectivity index (χ3v) is 6.59. The van der Waals surface area contributed by atoms with E-state index in [4.69, 9.17) is 0 Å². The van der Waals surface area contributed by atoms with Gasteiger partial charge in [-0.2, -0.15) is 18.3 Å². The molecule has 4 aliphatic carbocycles. The van der Waals surface area contributed by atoms with Crippen molar-refractivity contribution in [3.05, 3.63) is 29.1 Å². The number of rotatable bonds is 3. The van der Waals surface area contributed by atoms with E-state index in [0.29, 0.717) is 31.1 Å². The third-order valence-electron chi connectivity index (χ3n) is 6.59. The molecule has 27 heavy (non-hydrogen) atoms. The quantitative estimate of drug-likeness (QED) is 0.791. The summed E-state index contributed by atoms with van der Waals surface area (Å²) >= 11 is 0. The second kappa shape index (κ2) is 5.37. The summed E-state index contributed by atoms with van der Waals surface area (Å²) in [5.74, 6) is 0.265. The van der Waals surface area contributed by atoms with Crippen molar-refractivity contribution in [3.63, 3.8) is 0 Å². The maximum atomic E-state index is 13.6. The Morgan fingerprint density at radius 2 is 2.11 bits per heavy atom. The van der Waals surface area contributed by atoms with Crippen molar-refractivity contribution in [1.82, 2.24) is 15.1 Å². The van der Waals surface area contributed by atoms with Crippen molar-refractivity contribution in [2.75, 3.05) is 0 Å². The van der Waals surface area contributed by atoms with Gasteiger partial charge in [-0.1, -0.05) is 6.08 Å². The fourth-order valence-corrected chi connectivity index (χ4v) is 5.47. The van der Waals surface area contributed by atoms with Crippen LogP contribution in [0.5, 0.6) is 0 Å². The summed E-state index contributed by atoms with van der Waals surface area (Å²) in [4.78, 5) is 12.7. The minimum Gasteiger partial charge on any atom is -0.386 e. The van der Waals surface area contributed by atoms with Gasteiger partial charge < -0.3 is 10.4 Å². The molecule has 2 N–H and O–H groups in total. The van der Waals surface area contributed by atoms with Gasteiger partial charge in [-0.25, -0.2) is 0 Å². The lowest BCUT2D eigenvalue weighted by molar-refractivity contribution is -0.144. The van der Waals surface area contributed by atoms with Gasteiger partial charge in [0, 0.05) is 0 Å². The molecule has 0 spiro atoms. The highest BCUT2D eigenvalue weighted by Gasteiger charge is 2.55. The van der Waals surface area contributed by atoms with Crippen LogP contribution in [-0.2, 0) is 6.18 Å². The zero-order chi connectivity index (χ0) is 19.1. The zero-order valence-electron chi connectivity index (χ0n) is 15.0. The molecule has 0 aromatic carbocycles. The van der Waals surface area contributed by atoms with Crippen LogP contribution < -0.4 is 5.32 Å². The summed E-state index contributed by atoms with van der Waals surface area (Å²) in [6.07, 6.45) is 2.13. The van der Waals surface area contributed by atoms with Gasteiger partial charge in [0.15, 0.2) is 5.69 Å². The van der Waals surface area contributed by atoms with Crippen LogP contribution in [0.2, 0.25) is 0 Å². The highest BCUT2D eigenvalue weighted by Crippen LogP contribution is 2.57. The van der Waals surface area contributed by atoms with Gasteiger partial charge in [-0.05, 0) is 62.4 Å². The number of carbonyl (C=O) groups is 1. The Hall–Kier alpha value is -1.83. The monoisotopic (exact) mass is 381 g/mol. The van der Waals surface area contributed by atoms with Crippen LogP contribution in [0.15, 0.2) is 17.8 Å². The van der Waals surface area contributed by atoms with Gasteiger partial charge in [0.1, 0.15) is 0 Å². The number of halogens is 3. The summed E-state index contributed by atoms with van der Waals surface area (Å²) in [5, 5.41) is 17.2. The van der Waals surface area contributed by atoms with E-state index in [1.165, 1.54) is 0 Å². The lowest BCUT2D eigenvalue weighted by Gasteiger charge is -2.45. The molecule has 0 saturated heterocycles. The fraction of sp³-hybridized carbons (Fsp3) is 0.684. The van der Waals surface area contributed by atoms with Crippen molar-refractivity contribution in [2.24, 2.45) is 17.8 Å². The summed E-state index contributed by atoms with van der Waals surface area (Å²) in [5.41, 5.74) is -1.30. The molecular formula is C19H22F3N3O2. The van der Waals surface area contributed by atoms with E-state index in [1.54, 1.807) is 6.92 Å². The molecule has 2 bridgehead atoms. The maximum Gasteiger partial charge on any atom is 0.433 e. The van der Waals surface area contributed by atoms with E-state index in [-0.39, 0.29) is 18.0 Å². The number of fused-ring (bicyclic) bond motifs is 1. The number of hydrogen-bond donors (Lipinski definition) is 2. The third kappa shape index (κ3) is 2.71. The Bertz CT molecular complexity index is 838. The molecule has 5 nitrogen and oxygen atoms in total. The Balaban J connectivity index is 1.43.